The van der Waals surface area contributed by atoms with Crippen molar-refractivity contribution in [2.75, 3.05) is 29.9 Å². The standard InChI is InChI=1S/C22H27BrN4O/c1-16-4-3-13-27(16)19-10-14-26(15-11-19)21-20(5-2-12-24-21)22(28)25-18-8-6-17(23)7-9-18/h2,5-9,12,16,19H,3-4,10-11,13-15H2,1H3,(H,25,28). The number of halogens is 1. The van der Waals surface area contributed by atoms with Crippen LogP contribution in [0.25, 0.3) is 0 Å². The summed E-state index contributed by atoms with van der Waals surface area (Å²) >= 11 is 3.42. The fourth-order valence-corrected chi connectivity index (χ4v) is 4.73. The van der Waals surface area contributed by atoms with E-state index < -0.39 is 0 Å². The molecule has 148 valence electrons. The molecule has 1 unspecified atom stereocenters. The van der Waals surface area contributed by atoms with E-state index in [1.807, 2.05) is 36.4 Å². The second kappa shape index (κ2) is 8.62. The molecule has 2 aliphatic rings. The first-order valence-corrected chi connectivity index (χ1v) is 10.9. The average molecular weight is 443 g/mol. The number of amides is 1. The van der Waals surface area contributed by atoms with Gasteiger partial charge in [-0.2, -0.15) is 0 Å². The van der Waals surface area contributed by atoms with Gasteiger partial charge in [-0.25, -0.2) is 4.98 Å². The third-order valence-electron chi connectivity index (χ3n) is 5.97. The molecule has 0 saturated carbocycles. The number of pyridine rings is 1. The Labute approximate surface area is 175 Å². The van der Waals surface area contributed by atoms with Gasteiger partial charge in [0, 0.05) is 41.5 Å². The second-order valence-corrected chi connectivity index (χ2v) is 8.70. The highest BCUT2D eigenvalue weighted by Crippen LogP contribution is 2.28. The lowest BCUT2D eigenvalue weighted by molar-refractivity contribution is 0.102. The van der Waals surface area contributed by atoms with E-state index in [-0.39, 0.29) is 5.91 Å². The highest BCUT2D eigenvalue weighted by Gasteiger charge is 2.31. The minimum Gasteiger partial charge on any atom is -0.356 e. The second-order valence-electron chi connectivity index (χ2n) is 7.78. The van der Waals surface area contributed by atoms with Crippen LogP contribution in [0.4, 0.5) is 11.5 Å². The molecular weight excluding hydrogens is 416 g/mol. The maximum absolute atomic E-state index is 12.9. The van der Waals surface area contributed by atoms with Gasteiger partial charge >= 0.3 is 0 Å². The van der Waals surface area contributed by atoms with Crippen molar-refractivity contribution in [2.24, 2.45) is 0 Å². The Morgan fingerprint density at radius 1 is 1.11 bits per heavy atom. The van der Waals surface area contributed by atoms with Crippen molar-refractivity contribution < 1.29 is 4.79 Å². The van der Waals surface area contributed by atoms with Gasteiger partial charge in [-0.05, 0) is 75.5 Å². The van der Waals surface area contributed by atoms with Gasteiger partial charge in [0.1, 0.15) is 5.82 Å². The van der Waals surface area contributed by atoms with E-state index in [0.717, 1.165) is 41.9 Å². The third-order valence-corrected chi connectivity index (χ3v) is 6.50. The Bertz CT molecular complexity index is 818. The van der Waals surface area contributed by atoms with Crippen molar-refractivity contribution in [3.63, 3.8) is 0 Å². The first-order chi connectivity index (χ1) is 13.6. The Kier molecular flexibility index (Phi) is 5.97. The summed E-state index contributed by atoms with van der Waals surface area (Å²) in [7, 11) is 0. The number of benzene rings is 1. The highest BCUT2D eigenvalue weighted by atomic mass is 79.9. The van der Waals surface area contributed by atoms with E-state index in [9.17, 15) is 4.79 Å². The quantitative estimate of drug-likeness (QED) is 0.754. The molecular formula is C22H27BrN4O. The van der Waals surface area contributed by atoms with Crippen LogP contribution in [0.1, 0.15) is 43.0 Å². The Morgan fingerprint density at radius 3 is 2.54 bits per heavy atom. The lowest BCUT2D eigenvalue weighted by Crippen LogP contribution is -2.46. The fourth-order valence-electron chi connectivity index (χ4n) is 4.47. The number of carbonyl (C=O) groups is 1. The first-order valence-electron chi connectivity index (χ1n) is 10.1. The monoisotopic (exact) mass is 442 g/mol. The van der Waals surface area contributed by atoms with Gasteiger partial charge < -0.3 is 10.2 Å². The molecule has 3 heterocycles. The molecule has 1 N–H and O–H groups in total. The lowest BCUT2D eigenvalue weighted by Gasteiger charge is -2.39. The van der Waals surface area contributed by atoms with Gasteiger partial charge in [-0.15, -0.1) is 0 Å². The number of nitrogens with zero attached hydrogens (tertiary/aromatic N) is 3. The van der Waals surface area contributed by atoms with Gasteiger partial charge in [0.15, 0.2) is 0 Å². The Balaban J connectivity index is 1.44. The summed E-state index contributed by atoms with van der Waals surface area (Å²) in [4.78, 5) is 22.4. The summed E-state index contributed by atoms with van der Waals surface area (Å²) in [6.07, 6.45) is 6.69. The minimum absolute atomic E-state index is 0.110. The predicted octanol–water partition coefficient (Wildman–Crippen LogP) is 4.55. The third kappa shape index (κ3) is 4.23. The molecule has 1 aromatic carbocycles. The summed E-state index contributed by atoms with van der Waals surface area (Å²) in [6.45, 7) is 5.48. The van der Waals surface area contributed by atoms with E-state index in [4.69, 9.17) is 0 Å². The Hall–Kier alpha value is -1.92. The first kappa shape index (κ1) is 19.4. The number of likely N-dealkylation sites (tertiary alicyclic amines) is 1. The fraction of sp³-hybridized carbons (Fsp3) is 0.455. The zero-order chi connectivity index (χ0) is 19.5. The maximum Gasteiger partial charge on any atom is 0.259 e. The van der Waals surface area contributed by atoms with Crippen LogP contribution in [0.3, 0.4) is 0 Å². The molecule has 1 atom stereocenters. The summed E-state index contributed by atoms with van der Waals surface area (Å²) in [5.74, 6) is 0.686. The average Bonchev–Trinajstić information content (AvgIpc) is 3.16. The number of rotatable bonds is 4. The van der Waals surface area contributed by atoms with Gasteiger partial charge in [-0.3, -0.25) is 9.69 Å². The van der Waals surface area contributed by atoms with Crippen LogP contribution in [-0.2, 0) is 0 Å². The molecule has 5 nitrogen and oxygen atoms in total. The summed E-state index contributed by atoms with van der Waals surface area (Å²) in [5.41, 5.74) is 1.42. The molecule has 0 aliphatic carbocycles. The molecule has 1 aromatic heterocycles. The van der Waals surface area contributed by atoms with Crippen molar-refractivity contribution in [1.29, 1.82) is 0 Å². The lowest BCUT2D eigenvalue weighted by atomic mass is 10.0. The number of hydrogen-bond acceptors (Lipinski definition) is 4. The molecule has 6 heteroatoms. The van der Waals surface area contributed by atoms with Crippen molar-refractivity contribution >= 4 is 33.3 Å². The number of piperidine rings is 1. The van der Waals surface area contributed by atoms with Crippen molar-refractivity contribution in [3.8, 4) is 0 Å². The number of hydrogen-bond donors (Lipinski definition) is 1. The zero-order valence-electron chi connectivity index (χ0n) is 16.3. The number of anilines is 2. The van der Waals surface area contributed by atoms with Crippen molar-refractivity contribution in [1.82, 2.24) is 9.88 Å². The van der Waals surface area contributed by atoms with E-state index in [0.29, 0.717) is 17.6 Å². The molecule has 2 aromatic rings. The maximum atomic E-state index is 12.9. The SMILES string of the molecule is CC1CCCN1C1CCN(c2ncccc2C(=O)Nc2ccc(Br)cc2)CC1. The van der Waals surface area contributed by atoms with Gasteiger partial charge in [0.05, 0.1) is 5.56 Å². The van der Waals surface area contributed by atoms with Crippen LogP contribution in [0.5, 0.6) is 0 Å². The molecule has 4 rings (SSSR count). The number of carbonyl (C=O) groups excluding carboxylic acids is 1. The molecule has 0 radical (unpaired) electrons. The van der Waals surface area contributed by atoms with Crippen LogP contribution >= 0.6 is 15.9 Å². The normalized spacial score (nSPS) is 21.1. The van der Waals surface area contributed by atoms with E-state index in [2.05, 4.69) is 43.0 Å². The predicted molar refractivity (Wildman–Crippen MR) is 117 cm³/mol. The van der Waals surface area contributed by atoms with E-state index in [1.165, 1.54) is 19.4 Å². The highest BCUT2D eigenvalue weighted by molar-refractivity contribution is 9.10. The topological polar surface area (TPSA) is 48.5 Å². The summed E-state index contributed by atoms with van der Waals surface area (Å²) < 4.78 is 0.989. The van der Waals surface area contributed by atoms with Crippen LogP contribution in [-0.4, -0.2) is 47.5 Å². The summed E-state index contributed by atoms with van der Waals surface area (Å²) in [6, 6.07) is 12.7. The molecule has 1 amide bonds. The van der Waals surface area contributed by atoms with Gasteiger partial charge in [-0.1, -0.05) is 15.9 Å². The summed E-state index contributed by atoms with van der Waals surface area (Å²) in [5, 5.41) is 2.99. The van der Waals surface area contributed by atoms with Gasteiger partial charge in [0.2, 0.25) is 0 Å². The smallest absolute Gasteiger partial charge is 0.259 e. The largest absolute Gasteiger partial charge is 0.356 e. The van der Waals surface area contributed by atoms with Crippen LogP contribution in [0.15, 0.2) is 47.1 Å². The van der Waals surface area contributed by atoms with Crippen LogP contribution < -0.4 is 10.2 Å². The molecule has 28 heavy (non-hydrogen) atoms. The van der Waals surface area contributed by atoms with Crippen molar-refractivity contribution in [3.05, 3.63) is 52.6 Å². The zero-order valence-corrected chi connectivity index (χ0v) is 17.9. The molecule has 0 spiro atoms. The minimum atomic E-state index is -0.110. The molecule has 2 aliphatic heterocycles. The van der Waals surface area contributed by atoms with E-state index >= 15 is 0 Å². The molecule has 2 saturated heterocycles. The Morgan fingerprint density at radius 2 is 1.86 bits per heavy atom. The van der Waals surface area contributed by atoms with E-state index in [1.54, 1.807) is 6.20 Å². The number of nitrogens with one attached hydrogen (secondary N) is 1. The van der Waals surface area contributed by atoms with Crippen LogP contribution in [0.2, 0.25) is 0 Å². The molecule has 0 bridgehead atoms. The van der Waals surface area contributed by atoms with Crippen LogP contribution in [0, 0.1) is 0 Å². The van der Waals surface area contributed by atoms with Crippen molar-refractivity contribution in [2.45, 2.75) is 44.7 Å². The van der Waals surface area contributed by atoms with Gasteiger partial charge in [0.25, 0.3) is 5.91 Å². The number of aromatic nitrogens is 1. The molecule has 2 fully saturated rings.